The number of nitrogens with two attached hydrogens (primary N) is 2. The number of anilines is 1. The van der Waals surface area contributed by atoms with Crippen molar-refractivity contribution in [3.8, 4) is 0 Å². The Kier molecular flexibility index (Phi) is 3.90. The Labute approximate surface area is 96.2 Å². The zero-order chi connectivity index (χ0) is 12.2. The van der Waals surface area contributed by atoms with Gasteiger partial charge in [0.25, 0.3) is 0 Å². The lowest BCUT2D eigenvalue weighted by Crippen LogP contribution is -2.51. The predicted molar refractivity (Wildman–Crippen MR) is 66.1 cm³/mol. The Balaban J connectivity index is 2.54. The monoisotopic (exact) mass is 221 g/mol. The molecule has 0 spiro atoms. The number of amides is 1. The number of para-hydroxylation sites is 1. The molecular formula is C12H19N3O. The summed E-state index contributed by atoms with van der Waals surface area (Å²) in [6.45, 7) is 2.36. The Bertz CT molecular complexity index is 349. The van der Waals surface area contributed by atoms with Crippen molar-refractivity contribution in [3.63, 3.8) is 0 Å². The zero-order valence-electron chi connectivity index (χ0n) is 9.81. The minimum Gasteiger partial charge on any atom is -0.375 e. The molecule has 1 aromatic rings. The van der Waals surface area contributed by atoms with Crippen LogP contribution in [0.25, 0.3) is 0 Å². The number of benzene rings is 1. The highest BCUT2D eigenvalue weighted by molar-refractivity contribution is 5.83. The summed E-state index contributed by atoms with van der Waals surface area (Å²) in [5.74, 6) is -0.464. The van der Waals surface area contributed by atoms with Gasteiger partial charge in [0, 0.05) is 19.3 Å². The third-order valence-corrected chi connectivity index (χ3v) is 2.73. The molecule has 0 radical (unpaired) electrons. The van der Waals surface area contributed by atoms with Crippen LogP contribution < -0.4 is 16.4 Å². The van der Waals surface area contributed by atoms with E-state index in [1.807, 2.05) is 42.3 Å². The average molecular weight is 221 g/mol. The van der Waals surface area contributed by atoms with E-state index in [1.54, 1.807) is 6.92 Å². The molecule has 4 N–H and O–H groups in total. The van der Waals surface area contributed by atoms with E-state index in [0.717, 1.165) is 5.69 Å². The van der Waals surface area contributed by atoms with Gasteiger partial charge >= 0.3 is 0 Å². The quantitative estimate of drug-likeness (QED) is 0.769. The molecule has 0 aromatic heterocycles. The number of hydrogen-bond donors (Lipinski definition) is 2. The molecular weight excluding hydrogens is 202 g/mol. The summed E-state index contributed by atoms with van der Waals surface area (Å²) >= 11 is 0. The summed E-state index contributed by atoms with van der Waals surface area (Å²) in [6, 6.07) is 9.94. The van der Waals surface area contributed by atoms with Crippen LogP contribution in [0, 0.1) is 0 Å². The fourth-order valence-electron chi connectivity index (χ4n) is 1.33. The maximum atomic E-state index is 11.0. The minimum atomic E-state index is -0.941. The largest absolute Gasteiger partial charge is 0.375 e. The number of carbonyl (C=O) groups is 1. The first-order valence-electron chi connectivity index (χ1n) is 5.28. The SMILES string of the molecule is CN(CCC(C)(N)C(N)=O)c1ccccc1. The standard InChI is InChI=1S/C12H19N3O/c1-12(14,11(13)16)8-9-15(2)10-6-4-3-5-7-10/h3-7H,8-9,14H2,1-2H3,(H2,13,16). The van der Waals surface area contributed by atoms with Crippen LogP contribution in [0.5, 0.6) is 0 Å². The van der Waals surface area contributed by atoms with Gasteiger partial charge in [-0.2, -0.15) is 0 Å². The van der Waals surface area contributed by atoms with Gasteiger partial charge in [0.15, 0.2) is 0 Å². The molecule has 0 bridgehead atoms. The second-order valence-corrected chi connectivity index (χ2v) is 4.29. The van der Waals surface area contributed by atoms with E-state index in [4.69, 9.17) is 11.5 Å². The van der Waals surface area contributed by atoms with Crippen LogP contribution >= 0.6 is 0 Å². The fraction of sp³-hybridized carbons (Fsp3) is 0.417. The van der Waals surface area contributed by atoms with Crippen LogP contribution in [0.4, 0.5) is 5.69 Å². The second kappa shape index (κ2) is 4.99. The van der Waals surface area contributed by atoms with Crippen molar-refractivity contribution in [1.82, 2.24) is 0 Å². The highest BCUT2D eigenvalue weighted by atomic mass is 16.1. The van der Waals surface area contributed by atoms with Crippen LogP contribution in [0.1, 0.15) is 13.3 Å². The van der Waals surface area contributed by atoms with Crippen LogP contribution in [0.3, 0.4) is 0 Å². The van der Waals surface area contributed by atoms with E-state index in [2.05, 4.69) is 0 Å². The van der Waals surface area contributed by atoms with Crippen molar-refractivity contribution in [2.45, 2.75) is 18.9 Å². The van der Waals surface area contributed by atoms with Gasteiger partial charge in [-0.1, -0.05) is 18.2 Å². The average Bonchev–Trinajstić information content (AvgIpc) is 2.27. The normalized spacial score (nSPS) is 14.2. The topological polar surface area (TPSA) is 72.3 Å². The second-order valence-electron chi connectivity index (χ2n) is 4.29. The van der Waals surface area contributed by atoms with Crippen molar-refractivity contribution in [2.24, 2.45) is 11.5 Å². The summed E-state index contributed by atoms with van der Waals surface area (Å²) in [5.41, 5.74) is 11.2. The van der Waals surface area contributed by atoms with Crippen molar-refractivity contribution in [1.29, 1.82) is 0 Å². The van der Waals surface area contributed by atoms with Gasteiger partial charge in [-0.3, -0.25) is 4.79 Å². The van der Waals surface area contributed by atoms with E-state index < -0.39 is 11.4 Å². The Morgan fingerprint density at radius 1 is 1.38 bits per heavy atom. The van der Waals surface area contributed by atoms with Crippen molar-refractivity contribution in [3.05, 3.63) is 30.3 Å². The molecule has 1 atom stereocenters. The molecule has 1 amide bonds. The molecule has 1 unspecified atom stereocenters. The Morgan fingerprint density at radius 2 is 1.94 bits per heavy atom. The third kappa shape index (κ3) is 3.24. The molecule has 0 aliphatic rings. The Hall–Kier alpha value is -1.55. The van der Waals surface area contributed by atoms with Crippen LogP contribution in [-0.2, 0) is 4.79 Å². The maximum absolute atomic E-state index is 11.0. The number of nitrogens with zero attached hydrogens (tertiary/aromatic N) is 1. The molecule has 1 rings (SSSR count). The van der Waals surface area contributed by atoms with Gasteiger partial charge in [0.1, 0.15) is 0 Å². The molecule has 0 saturated carbocycles. The molecule has 0 aliphatic carbocycles. The lowest BCUT2D eigenvalue weighted by atomic mass is 9.98. The van der Waals surface area contributed by atoms with Crippen LogP contribution in [0.2, 0.25) is 0 Å². The van der Waals surface area contributed by atoms with Crippen molar-refractivity contribution >= 4 is 11.6 Å². The highest BCUT2D eigenvalue weighted by Crippen LogP contribution is 2.13. The van der Waals surface area contributed by atoms with Gasteiger partial charge in [-0.05, 0) is 25.5 Å². The van der Waals surface area contributed by atoms with Gasteiger partial charge < -0.3 is 16.4 Å². The molecule has 4 nitrogen and oxygen atoms in total. The van der Waals surface area contributed by atoms with Crippen LogP contribution in [-0.4, -0.2) is 25.0 Å². The number of primary amides is 1. The summed E-state index contributed by atoms with van der Waals surface area (Å²) in [4.78, 5) is 13.1. The lowest BCUT2D eigenvalue weighted by Gasteiger charge is -2.25. The minimum absolute atomic E-state index is 0.464. The molecule has 0 heterocycles. The van der Waals surface area contributed by atoms with Gasteiger partial charge in [0.05, 0.1) is 5.54 Å². The van der Waals surface area contributed by atoms with Gasteiger partial charge in [-0.15, -0.1) is 0 Å². The molecule has 1 aromatic carbocycles. The lowest BCUT2D eigenvalue weighted by molar-refractivity contribution is -0.122. The first-order chi connectivity index (χ1) is 7.43. The molecule has 0 fully saturated rings. The molecule has 88 valence electrons. The first-order valence-corrected chi connectivity index (χ1v) is 5.28. The number of rotatable bonds is 5. The van der Waals surface area contributed by atoms with Gasteiger partial charge in [-0.25, -0.2) is 0 Å². The molecule has 0 saturated heterocycles. The third-order valence-electron chi connectivity index (χ3n) is 2.73. The summed E-state index contributed by atoms with van der Waals surface area (Å²) in [7, 11) is 1.96. The van der Waals surface area contributed by atoms with Gasteiger partial charge in [0.2, 0.25) is 5.91 Å². The molecule has 0 aliphatic heterocycles. The number of carbonyl (C=O) groups excluding carboxylic acids is 1. The van der Waals surface area contributed by atoms with E-state index in [1.165, 1.54) is 0 Å². The molecule has 16 heavy (non-hydrogen) atoms. The predicted octanol–water partition coefficient (Wildman–Crippen LogP) is 0.716. The van der Waals surface area contributed by atoms with E-state index in [9.17, 15) is 4.79 Å². The summed E-state index contributed by atoms with van der Waals surface area (Å²) in [5, 5.41) is 0. The number of hydrogen-bond acceptors (Lipinski definition) is 3. The fourth-order valence-corrected chi connectivity index (χ4v) is 1.33. The highest BCUT2D eigenvalue weighted by Gasteiger charge is 2.25. The van der Waals surface area contributed by atoms with E-state index >= 15 is 0 Å². The van der Waals surface area contributed by atoms with Crippen molar-refractivity contribution in [2.75, 3.05) is 18.5 Å². The Morgan fingerprint density at radius 3 is 2.44 bits per heavy atom. The maximum Gasteiger partial charge on any atom is 0.237 e. The zero-order valence-corrected chi connectivity index (χ0v) is 9.81. The smallest absolute Gasteiger partial charge is 0.237 e. The summed E-state index contributed by atoms with van der Waals surface area (Å²) in [6.07, 6.45) is 0.535. The first kappa shape index (κ1) is 12.5. The van der Waals surface area contributed by atoms with Crippen molar-refractivity contribution < 1.29 is 4.79 Å². The van der Waals surface area contributed by atoms with Crippen LogP contribution in [0.15, 0.2) is 30.3 Å². The summed E-state index contributed by atoms with van der Waals surface area (Å²) < 4.78 is 0. The van der Waals surface area contributed by atoms with E-state index in [-0.39, 0.29) is 0 Å². The molecule has 4 heteroatoms. The van der Waals surface area contributed by atoms with E-state index in [0.29, 0.717) is 13.0 Å².